The molecule has 0 unspecified atom stereocenters. The quantitative estimate of drug-likeness (QED) is 0.368. The van der Waals surface area contributed by atoms with E-state index in [2.05, 4.69) is 32.4 Å². The topological polar surface area (TPSA) is 111 Å². The first-order valence-electron chi connectivity index (χ1n) is 14.0. The zero-order valence-electron chi connectivity index (χ0n) is 24.0. The van der Waals surface area contributed by atoms with E-state index < -0.39 is 23.1 Å². The fourth-order valence-corrected chi connectivity index (χ4v) is 5.59. The molecule has 2 aromatic carbocycles. The van der Waals surface area contributed by atoms with Gasteiger partial charge in [0.05, 0.1) is 24.2 Å². The number of thiazole rings is 1. The Morgan fingerprint density at radius 1 is 1.10 bits per heavy atom. The summed E-state index contributed by atoms with van der Waals surface area (Å²) in [5, 5.41) is 19.4. The Morgan fingerprint density at radius 2 is 1.83 bits per heavy atom. The minimum absolute atomic E-state index is 0.0225. The number of amides is 2. The van der Waals surface area contributed by atoms with E-state index >= 15 is 0 Å². The van der Waals surface area contributed by atoms with Crippen molar-refractivity contribution in [3.63, 3.8) is 0 Å². The number of benzene rings is 2. The summed E-state index contributed by atoms with van der Waals surface area (Å²) < 4.78 is 20.0. The van der Waals surface area contributed by atoms with Crippen LogP contribution in [0.2, 0.25) is 0 Å². The number of aromatic nitrogens is 1. The number of nitrogens with one attached hydrogen (secondary N) is 1. The molecule has 2 aliphatic heterocycles. The Labute approximate surface area is 248 Å². The summed E-state index contributed by atoms with van der Waals surface area (Å²) in [6.07, 6.45) is 5.03. The Morgan fingerprint density at radius 3 is 2.55 bits per heavy atom. The van der Waals surface area contributed by atoms with Crippen molar-refractivity contribution in [2.45, 2.75) is 39.2 Å². The van der Waals surface area contributed by atoms with Crippen molar-refractivity contribution in [2.75, 3.05) is 49.5 Å². The van der Waals surface area contributed by atoms with Gasteiger partial charge in [0.1, 0.15) is 5.60 Å². The molecule has 2 amide bonds. The predicted molar refractivity (Wildman–Crippen MR) is 162 cm³/mol. The van der Waals surface area contributed by atoms with Gasteiger partial charge >= 0.3 is 6.09 Å². The molecule has 5 rings (SSSR count). The lowest BCUT2D eigenvalue weighted by molar-refractivity contribution is 0.0148. The molecule has 222 valence electrons. The van der Waals surface area contributed by atoms with Gasteiger partial charge in [0.15, 0.2) is 16.7 Å². The standard InChI is InChI=1S/C30H35FN6O4S/c1-30(2,3)41-29(40)36-11-13-37(14-12-36)33-18-22-15-21(17-24(31)26(22)38)27(39)34-28-32-19-25(42-28)20-7-6-8-23(16-20)35-9-4-5-10-35/h6-8,15-19,38H,4-5,9-14H2,1-3H3,(H,32,34,39)/b33-18+. The molecule has 0 saturated carbocycles. The van der Waals surface area contributed by atoms with Gasteiger partial charge in [-0.15, -0.1) is 0 Å². The maximum atomic E-state index is 14.6. The molecule has 2 aliphatic rings. The first-order valence-corrected chi connectivity index (χ1v) is 14.8. The Hall–Kier alpha value is -4.19. The average Bonchev–Trinajstić information content (AvgIpc) is 3.66. The fourth-order valence-electron chi connectivity index (χ4n) is 4.78. The van der Waals surface area contributed by atoms with Gasteiger partial charge in [-0.25, -0.2) is 14.2 Å². The number of ether oxygens (including phenoxy) is 1. The number of hydrazone groups is 1. The van der Waals surface area contributed by atoms with Crippen LogP contribution in [-0.4, -0.2) is 83.1 Å². The zero-order chi connectivity index (χ0) is 29.9. The number of aromatic hydroxyl groups is 1. The first kappa shape index (κ1) is 29.3. The van der Waals surface area contributed by atoms with Crippen molar-refractivity contribution in [1.29, 1.82) is 0 Å². The Balaban J connectivity index is 1.22. The smallest absolute Gasteiger partial charge is 0.410 e. The summed E-state index contributed by atoms with van der Waals surface area (Å²) in [5.74, 6) is -2.09. The van der Waals surface area contributed by atoms with E-state index in [9.17, 15) is 19.1 Å². The molecule has 3 heterocycles. The van der Waals surface area contributed by atoms with Crippen LogP contribution in [0.25, 0.3) is 10.4 Å². The average molecular weight is 595 g/mol. The van der Waals surface area contributed by atoms with E-state index in [0.29, 0.717) is 31.3 Å². The largest absolute Gasteiger partial charge is 0.504 e. The molecule has 0 atom stereocenters. The fraction of sp³-hybridized carbons (Fsp3) is 0.400. The molecule has 0 spiro atoms. The van der Waals surface area contributed by atoms with Crippen molar-refractivity contribution >= 4 is 40.4 Å². The lowest BCUT2D eigenvalue weighted by Gasteiger charge is -2.34. The molecule has 0 bridgehead atoms. The van der Waals surface area contributed by atoms with E-state index in [1.54, 1.807) is 16.1 Å². The molecule has 10 nitrogen and oxygen atoms in total. The third kappa shape index (κ3) is 7.17. The molecule has 2 saturated heterocycles. The highest BCUT2D eigenvalue weighted by Crippen LogP contribution is 2.32. The van der Waals surface area contributed by atoms with E-state index in [1.807, 2.05) is 32.9 Å². The van der Waals surface area contributed by atoms with Crippen LogP contribution in [-0.2, 0) is 4.74 Å². The van der Waals surface area contributed by atoms with Crippen molar-refractivity contribution in [3.8, 4) is 16.2 Å². The van der Waals surface area contributed by atoms with Crippen LogP contribution in [0, 0.1) is 5.82 Å². The number of hydrogen-bond donors (Lipinski definition) is 2. The third-order valence-corrected chi connectivity index (χ3v) is 7.91. The highest BCUT2D eigenvalue weighted by Gasteiger charge is 2.25. The van der Waals surface area contributed by atoms with Crippen molar-refractivity contribution in [1.82, 2.24) is 14.9 Å². The number of carbonyl (C=O) groups is 2. The molecule has 12 heteroatoms. The predicted octanol–water partition coefficient (Wildman–Crippen LogP) is 5.39. The van der Waals surface area contributed by atoms with Gasteiger partial charge in [0, 0.05) is 49.2 Å². The van der Waals surface area contributed by atoms with Gasteiger partial charge in [0.25, 0.3) is 5.91 Å². The van der Waals surface area contributed by atoms with E-state index in [-0.39, 0.29) is 17.2 Å². The summed E-state index contributed by atoms with van der Waals surface area (Å²) in [4.78, 5) is 34.5. The number of phenols is 1. The van der Waals surface area contributed by atoms with Gasteiger partial charge in [-0.3, -0.25) is 15.1 Å². The molecular formula is C30H35FN6O4S. The Bertz CT molecular complexity index is 1470. The summed E-state index contributed by atoms with van der Waals surface area (Å²) >= 11 is 1.33. The molecular weight excluding hydrogens is 559 g/mol. The molecule has 3 aromatic rings. The molecule has 0 aliphatic carbocycles. The number of rotatable bonds is 6. The van der Waals surface area contributed by atoms with Crippen molar-refractivity contribution < 1.29 is 23.8 Å². The monoisotopic (exact) mass is 594 g/mol. The number of halogens is 1. The SMILES string of the molecule is CC(C)(C)OC(=O)N1CCN(/N=C/c2cc(C(=O)Nc3ncc(-c4cccc(N5CCCC5)c4)s3)cc(F)c2O)CC1. The van der Waals surface area contributed by atoms with Gasteiger partial charge in [-0.05, 0) is 63.4 Å². The molecule has 2 N–H and O–H groups in total. The van der Waals surface area contributed by atoms with Gasteiger partial charge in [-0.1, -0.05) is 23.5 Å². The van der Waals surface area contributed by atoms with Crippen molar-refractivity contribution in [2.24, 2.45) is 5.10 Å². The first-order chi connectivity index (χ1) is 20.1. The molecule has 2 fully saturated rings. The van der Waals surface area contributed by atoms with Crippen LogP contribution in [0.3, 0.4) is 0 Å². The number of anilines is 2. The van der Waals surface area contributed by atoms with E-state index in [4.69, 9.17) is 4.74 Å². The lowest BCUT2D eigenvalue weighted by Crippen LogP contribution is -2.48. The van der Waals surface area contributed by atoms with E-state index in [1.165, 1.54) is 42.1 Å². The second kappa shape index (κ2) is 12.4. The number of phenolic OH excluding ortho intramolecular Hbond substituents is 1. The lowest BCUT2D eigenvalue weighted by atomic mass is 10.1. The number of hydrogen-bond acceptors (Lipinski definition) is 9. The number of carbonyl (C=O) groups excluding carboxylic acids is 2. The molecule has 42 heavy (non-hydrogen) atoms. The second-order valence-electron chi connectivity index (χ2n) is 11.3. The Kier molecular flexibility index (Phi) is 8.62. The summed E-state index contributed by atoms with van der Waals surface area (Å²) in [6, 6.07) is 10.6. The van der Waals surface area contributed by atoms with Gasteiger partial charge < -0.3 is 19.6 Å². The van der Waals surface area contributed by atoms with Gasteiger partial charge in [0.2, 0.25) is 0 Å². The second-order valence-corrected chi connectivity index (χ2v) is 12.3. The maximum Gasteiger partial charge on any atom is 0.410 e. The van der Waals surface area contributed by atoms with Crippen LogP contribution in [0.15, 0.2) is 47.7 Å². The maximum absolute atomic E-state index is 14.6. The van der Waals surface area contributed by atoms with Crippen LogP contribution in [0.4, 0.5) is 20.0 Å². The van der Waals surface area contributed by atoms with Crippen LogP contribution >= 0.6 is 11.3 Å². The summed E-state index contributed by atoms with van der Waals surface area (Å²) in [5.41, 5.74) is 1.69. The molecule has 1 aromatic heterocycles. The number of piperazine rings is 1. The van der Waals surface area contributed by atoms with Crippen LogP contribution in [0.5, 0.6) is 5.75 Å². The minimum Gasteiger partial charge on any atom is -0.504 e. The third-order valence-electron chi connectivity index (χ3n) is 6.95. The zero-order valence-corrected chi connectivity index (χ0v) is 24.8. The van der Waals surface area contributed by atoms with Gasteiger partial charge in [-0.2, -0.15) is 5.10 Å². The summed E-state index contributed by atoms with van der Waals surface area (Å²) in [7, 11) is 0. The molecule has 0 radical (unpaired) electrons. The van der Waals surface area contributed by atoms with Crippen molar-refractivity contribution in [3.05, 3.63) is 59.5 Å². The highest BCUT2D eigenvalue weighted by molar-refractivity contribution is 7.19. The van der Waals surface area contributed by atoms with E-state index in [0.717, 1.165) is 29.6 Å². The minimum atomic E-state index is -0.933. The normalized spacial score (nSPS) is 15.9. The highest BCUT2D eigenvalue weighted by atomic mass is 32.1. The summed E-state index contributed by atoms with van der Waals surface area (Å²) in [6.45, 7) is 9.24. The number of nitrogens with zero attached hydrogens (tertiary/aromatic N) is 5. The van der Waals surface area contributed by atoms with Crippen LogP contribution in [0.1, 0.15) is 49.5 Å². The van der Waals surface area contributed by atoms with Crippen LogP contribution < -0.4 is 10.2 Å².